The molecule has 0 aliphatic rings. The van der Waals surface area contributed by atoms with Crippen LogP contribution in [0.25, 0.3) is 0 Å². The van der Waals surface area contributed by atoms with Gasteiger partial charge in [0.1, 0.15) is 6.04 Å². The molecule has 0 saturated heterocycles. The first-order valence-electron chi connectivity index (χ1n) is 6.00. The minimum absolute atomic E-state index is 0.0676. The molecular formula is C11H21N2O4P. The third kappa shape index (κ3) is 9.07. The maximum Gasteiger partial charge on any atom is 0.324 e. The highest BCUT2D eigenvalue weighted by Crippen LogP contribution is 2.07. The Bertz CT molecular complexity index is 284. The van der Waals surface area contributed by atoms with Gasteiger partial charge in [0.05, 0.1) is 6.10 Å². The van der Waals surface area contributed by atoms with Crippen LogP contribution in [-0.4, -0.2) is 30.6 Å². The number of esters is 1. The molecule has 0 spiro atoms. The van der Waals surface area contributed by atoms with Crippen molar-refractivity contribution >= 4 is 20.5 Å². The summed E-state index contributed by atoms with van der Waals surface area (Å²) in [6, 6.07) is -0.566. The number of unbranched alkanes of at least 4 members (excludes halogenated alkanes) is 1. The van der Waals surface area contributed by atoms with Crippen LogP contribution in [0.2, 0.25) is 0 Å². The monoisotopic (exact) mass is 276 g/mol. The van der Waals surface area contributed by atoms with Gasteiger partial charge in [-0.2, -0.15) is 0 Å². The Kier molecular flexibility index (Phi) is 9.42. The lowest BCUT2D eigenvalue weighted by atomic mass is 10.1. The van der Waals surface area contributed by atoms with Gasteiger partial charge in [-0.15, -0.1) is 0 Å². The lowest BCUT2D eigenvalue weighted by Crippen LogP contribution is -2.34. The molecule has 0 bridgehead atoms. The van der Waals surface area contributed by atoms with Gasteiger partial charge in [0.25, 0.3) is 0 Å². The van der Waals surface area contributed by atoms with Crippen LogP contribution in [0.3, 0.4) is 0 Å². The lowest BCUT2D eigenvalue weighted by Gasteiger charge is -2.15. The number of nitrogens with one attached hydrogen (secondary N) is 2. The second-order valence-electron chi connectivity index (χ2n) is 4.24. The zero-order chi connectivity index (χ0) is 14.0. The summed E-state index contributed by atoms with van der Waals surface area (Å²) in [5.74, 6) is -0.463. The molecule has 0 aliphatic carbocycles. The molecule has 0 aliphatic heterocycles. The molecule has 2 N–H and O–H groups in total. The molecular weight excluding hydrogens is 255 g/mol. The fourth-order valence-electron chi connectivity index (χ4n) is 1.35. The maximum absolute atomic E-state index is 11.6. The van der Waals surface area contributed by atoms with E-state index >= 15 is 0 Å². The highest BCUT2D eigenvalue weighted by molar-refractivity contribution is 7.21. The largest absolute Gasteiger partial charge is 0.462 e. The Morgan fingerprint density at radius 2 is 1.94 bits per heavy atom. The number of carbonyl (C=O) groups excluding carboxylic acids is 2. The van der Waals surface area contributed by atoms with Crippen LogP contribution in [0.4, 0.5) is 0 Å². The number of ether oxygens (including phenoxy) is 1. The molecule has 0 heterocycles. The fraction of sp³-hybridized carbons (Fsp3) is 0.818. The summed E-state index contributed by atoms with van der Waals surface area (Å²) in [6.07, 6.45) is 1.84. The number of carbonyl (C=O) groups is 2. The SMILES string of the molecule is CC(=O)NCCCC[C@@H](NP=O)C(=O)OC(C)C. The van der Waals surface area contributed by atoms with Crippen molar-refractivity contribution in [2.45, 2.75) is 52.2 Å². The summed E-state index contributed by atoms with van der Waals surface area (Å²) in [5.41, 5.74) is 0. The van der Waals surface area contributed by atoms with Crippen molar-refractivity contribution in [3.8, 4) is 0 Å². The van der Waals surface area contributed by atoms with Gasteiger partial charge >= 0.3 is 5.97 Å². The summed E-state index contributed by atoms with van der Waals surface area (Å²) in [5, 5.41) is 5.22. The van der Waals surface area contributed by atoms with Crippen LogP contribution in [-0.2, 0) is 18.9 Å². The average molecular weight is 276 g/mol. The first-order chi connectivity index (χ1) is 8.47. The summed E-state index contributed by atoms with van der Waals surface area (Å²) in [7, 11) is -0.286. The molecule has 0 rings (SSSR count). The summed E-state index contributed by atoms with van der Waals surface area (Å²) < 4.78 is 15.6. The van der Waals surface area contributed by atoms with Crippen molar-refractivity contribution in [1.29, 1.82) is 0 Å². The van der Waals surface area contributed by atoms with E-state index in [1.54, 1.807) is 13.8 Å². The zero-order valence-corrected chi connectivity index (χ0v) is 12.0. The molecule has 7 heteroatoms. The van der Waals surface area contributed by atoms with Gasteiger partial charge in [-0.1, -0.05) is 0 Å². The van der Waals surface area contributed by atoms with Gasteiger partial charge in [0.2, 0.25) is 14.5 Å². The number of hydrogen-bond donors (Lipinski definition) is 2. The van der Waals surface area contributed by atoms with E-state index in [9.17, 15) is 14.2 Å². The first-order valence-corrected chi connectivity index (χ1v) is 6.81. The molecule has 1 atom stereocenters. The Labute approximate surface area is 109 Å². The Morgan fingerprint density at radius 1 is 1.28 bits per heavy atom. The molecule has 6 nitrogen and oxygen atoms in total. The van der Waals surface area contributed by atoms with Crippen LogP contribution < -0.4 is 10.4 Å². The smallest absolute Gasteiger partial charge is 0.324 e. The molecule has 0 fully saturated rings. The molecule has 0 radical (unpaired) electrons. The fourth-order valence-corrected chi connectivity index (χ4v) is 1.71. The van der Waals surface area contributed by atoms with E-state index in [0.29, 0.717) is 13.0 Å². The number of amides is 1. The van der Waals surface area contributed by atoms with E-state index in [2.05, 4.69) is 10.4 Å². The second kappa shape index (κ2) is 9.97. The third-order valence-corrected chi connectivity index (χ3v) is 2.56. The summed E-state index contributed by atoms with van der Waals surface area (Å²) >= 11 is 0. The minimum atomic E-state index is -0.566. The molecule has 0 aromatic rings. The van der Waals surface area contributed by atoms with Crippen molar-refractivity contribution in [2.75, 3.05) is 6.54 Å². The highest BCUT2D eigenvalue weighted by Gasteiger charge is 2.20. The van der Waals surface area contributed by atoms with Crippen LogP contribution in [0.1, 0.15) is 40.0 Å². The van der Waals surface area contributed by atoms with E-state index in [1.807, 2.05) is 0 Å². The third-order valence-electron chi connectivity index (χ3n) is 2.14. The van der Waals surface area contributed by atoms with Crippen LogP contribution in [0, 0.1) is 0 Å². The zero-order valence-electron chi connectivity index (χ0n) is 11.1. The minimum Gasteiger partial charge on any atom is -0.462 e. The molecule has 0 saturated carbocycles. The van der Waals surface area contributed by atoms with Gasteiger partial charge < -0.3 is 10.1 Å². The van der Waals surface area contributed by atoms with E-state index in [1.165, 1.54) is 6.92 Å². The molecule has 104 valence electrons. The predicted octanol–water partition coefficient (Wildman–Crippen LogP) is 1.41. The Morgan fingerprint density at radius 3 is 2.44 bits per heavy atom. The van der Waals surface area contributed by atoms with Crippen LogP contribution in [0.5, 0.6) is 0 Å². The predicted molar refractivity (Wildman–Crippen MR) is 68.3 cm³/mol. The average Bonchev–Trinajstić information content (AvgIpc) is 2.25. The molecule has 0 aromatic heterocycles. The molecule has 18 heavy (non-hydrogen) atoms. The van der Waals surface area contributed by atoms with Crippen LogP contribution >= 0.6 is 8.61 Å². The van der Waals surface area contributed by atoms with Crippen LogP contribution in [0.15, 0.2) is 0 Å². The topological polar surface area (TPSA) is 84.5 Å². The van der Waals surface area contributed by atoms with Gasteiger partial charge in [-0.3, -0.25) is 14.2 Å². The van der Waals surface area contributed by atoms with E-state index in [-0.39, 0.29) is 20.6 Å². The van der Waals surface area contributed by atoms with Gasteiger partial charge in [0.15, 0.2) is 0 Å². The van der Waals surface area contributed by atoms with Crippen molar-refractivity contribution in [3.63, 3.8) is 0 Å². The Balaban J connectivity index is 3.92. The number of rotatable bonds is 9. The van der Waals surface area contributed by atoms with Crippen molar-refractivity contribution in [1.82, 2.24) is 10.4 Å². The lowest BCUT2D eigenvalue weighted by molar-refractivity contribution is -0.149. The van der Waals surface area contributed by atoms with E-state index in [4.69, 9.17) is 4.74 Å². The van der Waals surface area contributed by atoms with Gasteiger partial charge in [-0.25, -0.2) is 5.09 Å². The van der Waals surface area contributed by atoms with Gasteiger partial charge in [-0.05, 0) is 33.1 Å². The summed E-state index contributed by atoms with van der Waals surface area (Å²) in [4.78, 5) is 22.3. The summed E-state index contributed by atoms with van der Waals surface area (Å²) in [6.45, 7) is 5.57. The normalized spacial score (nSPS) is 12.4. The van der Waals surface area contributed by atoms with Gasteiger partial charge in [0, 0.05) is 13.5 Å². The maximum atomic E-state index is 11.6. The van der Waals surface area contributed by atoms with E-state index < -0.39 is 12.0 Å². The molecule has 1 amide bonds. The van der Waals surface area contributed by atoms with Crippen molar-refractivity contribution in [3.05, 3.63) is 0 Å². The van der Waals surface area contributed by atoms with E-state index in [0.717, 1.165) is 12.8 Å². The number of hydrogen-bond acceptors (Lipinski definition) is 4. The first kappa shape index (κ1) is 17.0. The second-order valence-corrected chi connectivity index (χ2v) is 4.68. The standard InChI is InChI=1S/C11H21N2O4P/c1-8(2)17-11(15)10(13-18-16)6-4-5-7-12-9(3)14/h8,10H,4-7H2,1-3H3,(H,12,14)(H,13,16)/t10-/m1/s1. The highest BCUT2D eigenvalue weighted by atomic mass is 31.1. The quantitative estimate of drug-likeness (QED) is 0.378. The van der Waals surface area contributed by atoms with Crippen molar-refractivity contribution < 1.29 is 18.9 Å². The molecule has 0 unspecified atom stereocenters. The Hall–Kier alpha value is -1.00. The molecule has 0 aromatic carbocycles. The van der Waals surface area contributed by atoms with Crippen molar-refractivity contribution in [2.24, 2.45) is 0 Å².